The van der Waals surface area contributed by atoms with Gasteiger partial charge in [0, 0.05) is 36.6 Å². The van der Waals surface area contributed by atoms with Crippen LogP contribution in [0.25, 0.3) is 11.1 Å². The second-order valence-electron chi connectivity index (χ2n) is 8.21. The molecule has 5 rings (SSSR count). The highest BCUT2D eigenvalue weighted by atomic mass is 16.5. The molecule has 146 valence electrons. The van der Waals surface area contributed by atoms with Crippen LogP contribution < -0.4 is 11.1 Å². The van der Waals surface area contributed by atoms with Gasteiger partial charge in [-0.15, -0.1) is 0 Å². The van der Waals surface area contributed by atoms with Gasteiger partial charge in [0.25, 0.3) is 0 Å². The summed E-state index contributed by atoms with van der Waals surface area (Å²) in [6.45, 7) is 1.78. The van der Waals surface area contributed by atoms with Crippen molar-refractivity contribution < 1.29 is 14.3 Å². The number of fused-ring (bicyclic) bond motifs is 3. The fourth-order valence-corrected chi connectivity index (χ4v) is 5.28. The molecule has 5 nitrogen and oxygen atoms in total. The van der Waals surface area contributed by atoms with Crippen LogP contribution in [0.2, 0.25) is 0 Å². The van der Waals surface area contributed by atoms with E-state index in [1.54, 1.807) is 0 Å². The monoisotopic (exact) mass is 378 g/mol. The SMILES string of the molecule is N[C@@H]1C[C@H](NC(=O)OCC2c3ccccc3-c3ccccc32)C12CCOCC2. The minimum absolute atomic E-state index is 0.0240. The third-order valence-electron chi connectivity index (χ3n) is 6.98. The third kappa shape index (κ3) is 2.73. The number of hydrogen-bond donors (Lipinski definition) is 2. The number of carbonyl (C=O) groups excluding carboxylic acids is 1. The first-order valence-corrected chi connectivity index (χ1v) is 10.1. The molecule has 0 bridgehead atoms. The summed E-state index contributed by atoms with van der Waals surface area (Å²) in [6.07, 6.45) is 2.28. The van der Waals surface area contributed by atoms with E-state index in [0.29, 0.717) is 6.61 Å². The van der Waals surface area contributed by atoms with Gasteiger partial charge in [-0.1, -0.05) is 48.5 Å². The molecule has 2 atom stereocenters. The van der Waals surface area contributed by atoms with E-state index in [4.69, 9.17) is 15.2 Å². The lowest BCUT2D eigenvalue weighted by Crippen LogP contribution is -2.68. The smallest absolute Gasteiger partial charge is 0.407 e. The zero-order chi connectivity index (χ0) is 19.1. The van der Waals surface area contributed by atoms with E-state index < -0.39 is 0 Å². The Morgan fingerprint density at radius 3 is 2.29 bits per heavy atom. The predicted octanol–water partition coefficient (Wildman–Crippen LogP) is 3.42. The van der Waals surface area contributed by atoms with Gasteiger partial charge in [0.2, 0.25) is 0 Å². The Bertz CT molecular complexity index is 845. The van der Waals surface area contributed by atoms with Crippen molar-refractivity contribution in [3.05, 3.63) is 59.7 Å². The Morgan fingerprint density at radius 2 is 1.68 bits per heavy atom. The van der Waals surface area contributed by atoms with Crippen LogP contribution in [0.5, 0.6) is 0 Å². The molecule has 2 aromatic rings. The molecule has 2 aliphatic carbocycles. The van der Waals surface area contributed by atoms with E-state index in [1.807, 2.05) is 12.1 Å². The lowest BCUT2D eigenvalue weighted by atomic mass is 9.57. The summed E-state index contributed by atoms with van der Waals surface area (Å²) in [5.41, 5.74) is 11.2. The van der Waals surface area contributed by atoms with Gasteiger partial charge in [0.05, 0.1) is 0 Å². The van der Waals surface area contributed by atoms with Crippen molar-refractivity contribution in [2.75, 3.05) is 19.8 Å². The van der Waals surface area contributed by atoms with Crippen LogP contribution in [0.4, 0.5) is 4.79 Å². The van der Waals surface area contributed by atoms with Crippen molar-refractivity contribution in [3.8, 4) is 11.1 Å². The number of rotatable bonds is 3. The standard InChI is InChI=1S/C23H26N2O3/c24-20-13-21(23(20)9-11-27-12-10-23)25-22(26)28-14-19-17-7-3-1-5-15(17)16-6-2-4-8-18(16)19/h1-8,19-21H,9-14,24H2,(H,25,26)/t20-,21+/m1/s1. The van der Waals surface area contributed by atoms with Crippen LogP contribution in [-0.4, -0.2) is 38.0 Å². The molecule has 28 heavy (non-hydrogen) atoms. The average molecular weight is 378 g/mol. The molecule has 1 heterocycles. The lowest BCUT2D eigenvalue weighted by molar-refractivity contribution is -0.0694. The van der Waals surface area contributed by atoms with Crippen LogP contribution in [0.15, 0.2) is 48.5 Å². The van der Waals surface area contributed by atoms with Crippen molar-refractivity contribution in [2.24, 2.45) is 11.1 Å². The minimum atomic E-state index is -0.343. The number of hydrogen-bond acceptors (Lipinski definition) is 4. The highest BCUT2D eigenvalue weighted by molar-refractivity contribution is 5.79. The summed E-state index contributed by atoms with van der Waals surface area (Å²) in [7, 11) is 0. The van der Waals surface area contributed by atoms with Crippen LogP contribution in [-0.2, 0) is 9.47 Å². The summed E-state index contributed by atoms with van der Waals surface area (Å²) >= 11 is 0. The Kier molecular flexibility index (Phi) is 4.37. The van der Waals surface area contributed by atoms with Gasteiger partial charge in [-0.3, -0.25) is 0 Å². The fourth-order valence-electron chi connectivity index (χ4n) is 5.28. The van der Waals surface area contributed by atoms with Crippen molar-refractivity contribution in [2.45, 2.75) is 37.3 Å². The van der Waals surface area contributed by atoms with Gasteiger partial charge >= 0.3 is 6.09 Å². The molecule has 0 aromatic heterocycles. The maximum atomic E-state index is 12.6. The Hall–Kier alpha value is -2.37. The van der Waals surface area contributed by atoms with Gasteiger partial charge in [0.1, 0.15) is 6.61 Å². The third-order valence-corrected chi connectivity index (χ3v) is 6.98. The molecular formula is C23H26N2O3. The maximum absolute atomic E-state index is 12.6. The molecule has 1 saturated carbocycles. The highest BCUT2D eigenvalue weighted by Crippen LogP contribution is 2.48. The first-order valence-electron chi connectivity index (χ1n) is 10.1. The zero-order valence-corrected chi connectivity index (χ0v) is 15.9. The van der Waals surface area contributed by atoms with E-state index in [9.17, 15) is 4.79 Å². The van der Waals surface area contributed by atoms with Crippen molar-refractivity contribution in [1.29, 1.82) is 0 Å². The topological polar surface area (TPSA) is 73.6 Å². The number of carbonyl (C=O) groups is 1. The van der Waals surface area contributed by atoms with E-state index in [0.717, 1.165) is 32.5 Å². The van der Waals surface area contributed by atoms with Crippen LogP contribution in [0.1, 0.15) is 36.3 Å². The Labute approximate surface area is 165 Å². The molecule has 5 heteroatoms. The molecule has 0 unspecified atom stereocenters. The summed E-state index contributed by atoms with van der Waals surface area (Å²) in [6, 6.07) is 16.9. The largest absolute Gasteiger partial charge is 0.449 e. The van der Waals surface area contributed by atoms with Crippen molar-refractivity contribution in [3.63, 3.8) is 0 Å². The van der Waals surface area contributed by atoms with Gasteiger partial charge < -0.3 is 20.5 Å². The molecule has 0 radical (unpaired) electrons. The van der Waals surface area contributed by atoms with Gasteiger partial charge in [-0.25, -0.2) is 4.79 Å². The number of alkyl carbamates (subject to hydrolysis) is 1. The Morgan fingerprint density at radius 1 is 1.07 bits per heavy atom. The van der Waals surface area contributed by atoms with Crippen molar-refractivity contribution in [1.82, 2.24) is 5.32 Å². The number of nitrogens with one attached hydrogen (secondary N) is 1. The molecular weight excluding hydrogens is 352 g/mol. The van der Waals surface area contributed by atoms with E-state index >= 15 is 0 Å². The molecule has 1 saturated heterocycles. The zero-order valence-electron chi connectivity index (χ0n) is 15.9. The number of nitrogens with two attached hydrogens (primary N) is 1. The number of amides is 1. The molecule has 1 spiro atoms. The summed E-state index contributed by atoms with van der Waals surface area (Å²) < 4.78 is 11.2. The first-order chi connectivity index (χ1) is 13.7. The molecule has 1 aliphatic heterocycles. The van der Waals surface area contributed by atoms with Crippen LogP contribution in [0.3, 0.4) is 0 Å². The van der Waals surface area contributed by atoms with Gasteiger partial charge in [0.15, 0.2) is 0 Å². The molecule has 3 aliphatic rings. The van der Waals surface area contributed by atoms with Crippen LogP contribution in [0, 0.1) is 5.41 Å². The second-order valence-corrected chi connectivity index (χ2v) is 8.21. The Balaban J connectivity index is 1.26. The normalized spacial score (nSPS) is 24.9. The van der Waals surface area contributed by atoms with Gasteiger partial charge in [-0.05, 0) is 41.5 Å². The number of benzene rings is 2. The minimum Gasteiger partial charge on any atom is -0.449 e. The summed E-state index contributed by atoms with van der Waals surface area (Å²) in [4.78, 5) is 12.6. The van der Waals surface area contributed by atoms with Crippen molar-refractivity contribution >= 4 is 6.09 Å². The molecule has 3 N–H and O–H groups in total. The lowest BCUT2D eigenvalue weighted by Gasteiger charge is -2.56. The highest BCUT2D eigenvalue weighted by Gasteiger charge is 2.54. The molecule has 1 amide bonds. The van der Waals surface area contributed by atoms with E-state index in [2.05, 4.69) is 41.7 Å². The second kappa shape index (κ2) is 6.90. The quantitative estimate of drug-likeness (QED) is 0.858. The molecule has 2 aromatic carbocycles. The summed E-state index contributed by atoms with van der Waals surface area (Å²) in [5.74, 6) is 0.0823. The van der Waals surface area contributed by atoms with Crippen LogP contribution >= 0.6 is 0 Å². The average Bonchev–Trinajstić information content (AvgIpc) is 3.06. The number of ether oxygens (including phenoxy) is 2. The first kappa shape index (κ1) is 17.7. The fraction of sp³-hybridized carbons (Fsp3) is 0.435. The molecule has 2 fully saturated rings. The van der Waals surface area contributed by atoms with E-state index in [-0.39, 0.29) is 29.5 Å². The van der Waals surface area contributed by atoms with Gasteiger partial charge in [-0.2, -0.15) is 0 Å². The summed E-state index contributed by atoms with van der Waals surface area (Å²) in [5, 5.41) is 3.08. The maximum Gasteiger partial charge on any atom is 0.407 e. The predicted molar refractivity (Wildman–Crippen MR) is 107 cm³/mol. The van der Waals surface area contributed by atoms with E-state index in [1.165, 1.54) is 22.3 Å².